The molecule has 0 fully saturated rings. The lowest BCUT2D eigenvalue weighted by molar-refractivity contribution is 0.159. The highest BCUT2D eigenvalue weighted by molar-refractivity contribution is 5.19. The minimum absolute atomic E-state index is 0.00880. The minimum Gasteiger partial charge on any atom is -0.396 e. The molecule has 0 aliphatic rings. The summed E-state index contributed by atoms with van der Waals surface area (Å²) in [7, 11) is 0. The molecule has 1 rings (SSSR count). The van der Waals surface area contributed by atoms with E-state index in [2.05, 4.69) is 0 Å². The average molecular weight is 200 g/mol. The van der Waals surface area contributed by atoms with E-state index in [1.54, 1.807) is 0 Å². The van der Waals surface area contributed by atoms with Crippen molar-refractivity contribution < 1.29 is 13.9 Å². The molecule has 1 N–H and O–H groups in total. The molecule has 0 amide bonds. The number of rotatable bonds is 3. The first-order chi connectivity index (χ1) is 6.43. The lowest BCUT2D eigenvalue weighted by Crippen LogP contribution is -2.19. The van der Waals surface area contributed by atoms with Gasteiger partial charge in [-0.05, 0) is 29.5 Å². The number of aliphatic hydroxyl groups is 1. The second-order valence-corrected chi connectivity index (χ2v) is 4.28. The van der Waals surface area contributed by atoms with Crippen LogP contribution in [0.15, 0.2) is 18.2 Å². The summed E-state index contributed by atoms with van der Waals surface area (Å²) in [6.45, 7) is 3.68. The Kier molecular flexibility index (Phi) is 3.21. The number of benzene rings is 1. The Balaban J connectivity index is 2.87. The van der Waals surface area contributed by atoms with Gasteiger partial charge in [-0.25, -0.2) is 8.78 Å². The van der Waals surface area contributed by atoms with Crippen molar-refractivity contribution in [2.45, 2.75) is 20.3 Å². The molecule has 78 valence electrons. The van der Waals surface area contributed by atoms with Gasteiger partial charge < -0.3 is 5.11 Å². The number of halogens is 2. The summed E-state index contributed by atoms with van der Waals surface area (Å²) in [5.74, 6) is -1.15. The molecule has 0 radical (unpaired) electrons. The Morgan fingerprint density at radius 2 is 1.64 bits per heavy atom. The van der Waals surface area contributed by atoms with Crippen LogP contribution in [0, 0.1) is 17.0 Å². The summed E-state index contributed by atoms with van der Waals surface area (Å²) in [6, 6.07) is 3.43. The molecule has 0 aliphatic heterocycles. The zero-order valence-electron chi connectivity index (χ0n) is 8.35. The van der Waals surface area contributed by atoms with Crippen LogP contribution in [-0.2, 0) is 6.42 Å². The van der Waals surface area contributed by atoms with Gasteiger partial charge in [-0.2, -0.15) is 0 Å². The van der Waals surface area contributed by atoms with E-state index < -0.39 is 11.6 Å². The van der Waals surface area contributed by atoms with Crippen LogP contribution in [0.25, 0.3) is 0 Å². The monoisotopic (exact) mass is 200 g/mol. The summed E-state index contributed by atoms with van der Waals surface area (Å²) >= 11 is 0. The summed E-state index contributed by atoms with van der Waals surface area (Å²) < 4.78 is 25.6. The van der Waals surface area contributed by atoms with Crippen molar-refractivity contribution in [1.82, 2.24) is 0 Å². The molecule has 0 unspecified atom stereocenters. The zero-order valence-corrected chi connectivity index (χ0v) is 8.35. The van der Waals surface area contributed by atoms with Crippen LogP contribution in [0.3, 0.4) is 0 Å². The van der Waals surface area contributed by atoms with Crippen LogP contribution >= 0.6 is 0 Å². The van der Waals surface area contributed by atoms with Crippen molar-refractivity contribution in [1.29, 1.82) is 0 Å². The van der Waals surface area contributed by atoms with Crippen molar-refractivity contribution >= 4 is 0 Å². The Bertz CT molecular complexity index is 301. The summed E-state index contributed by atoms with van der Waals surface area (Å²) in [6.07, 6.45) is 0.457. The Labute approximate surface area is 82.4 Å². The Hall–Kier alpha value is -0.960. The highest BCUT2D eigenvalue weighted by Gasteiger charge is 2.17. The van der Waals surface area contributed by atoms with E-state index in [1.165, 1.54) is 12.1 Å². The maximum atomic E-state index is 12.8. The zero-order chi connectivity index (χ0) is 10.8. The normalized spacial score (nSPS) is 11.8. The Morgan fingerprint density at radius 3 is 2.07 bits per heavy atom. The summed E-state index contributed by atoms with van der Waals surface area (Å²) in [5.41, 5.74) is 0.224. The van der Waals surface area contributed by atoms with Gasteiger partial charge in [0, 0.05) is 12.7 Å². The van der Waals surface area contributed by atoms with Gasteiger partial charge in [0.1, 0.15) is 11.6 Å². The molecule has 14 heavy (non-hydrogen) atoms. The van der Waals surface area contributed by atoms with Gasteiger partial charge in [0.15, 0.2) is 0 Å². The number of hydrogen-bond donors (Lipinski definition) is 1. The fourth-order valence-electron chi connectivity index (χ4n) is 1.32. The molecule has 0 aromatic heterocycles. The fraction of sp³-hybridized carbons (Fsp3) is 0.455. The van der Waals surface area contributed by atoms with E-state index in [9.17, 15) is 8.78 Å². The van der Waals surface area contributed by atoms with E-state index in [1.807, 2.05) is 13.8 Å². The highest BCUT2D eigenvalue weighted by atomic mass is 19.1. The third-order valence-electron chi connectivity index (χ3n) is 2.03. The van der Waals surface area contributed by atoms with Gasteiger partial charge in [0.05, 0.1) is 0 Å². The highest BCUT2D eigenvalue weighted by Crippen LogP contribution is 2.21. The molecule has 0 spiro atoms. The van der Waals surface area contributed by atoms with Crippen LogP contribution < -0.4 is 0 Å². The molecule has 0 atom stereocenters. The molecule has 0 saturated carbocycles. The standard InChI is InChI=1S/C11H14F2O/c1-11(2,7-14)6-8-3-9(12)5-10(13)4-8/h3-5,14H,6-7H2,1-2H3. The molecule has 1 nitrogen and oxygen atoms in total. The van der Waals surface area contributed by atoms with E-state index in [0.717, 1.165) is 6.07 Å². The first-order valence-corrected chi connectivity index (χ1v) is 4.49. The first kappa shape index (κ1) is 11.1. The first-order valence-electron chi connectivity index (χ1n) is 4.49. The molecule has 0 heterocycles. The van der Waals surface area contributed by atoms with Gasteiger partial charge in [0.25, 0.3) is 0 Å². The van der Waals surface area contributed by atoms with Crippen molar-refractivity contribution in [2.24, 2.45) is 5.41 Å². The lowest BCUT2D eigenvalue weighted by Gasteiger charge is -2.21. The van der Waals surface area contributed by atoms with E-state index >= 15 is 0 Å². The molecular weight excluding hydrogens is 186 g/mol. The second kappa shape index (κ2) is 4.05. The van der Waals surface area contributed by atoms with Gasteiger partial charge in [-0.15, -0.1) is 0 Å². The Morgan fingerprint density at radius 1 is 1.14 bits per heavy atom. The van der Waals surface area contributed by atoms with Crippen LogP contribution in [0.5, 0.6) is 0 Å². The molecule has 0 aliphatic carbocycles. The van der Waals surface area contributed by atoms with Crippen LogP contribution in [-0.4, -0.2) is 11.7 Å². The molecule has 1 aromatic rings. The minimum atomic E-state index is -0.575. The van der Waals surface area contributed by atoms with Gasteiger partial charge in [-0.1, -0.05) is 13.8 Å². The molecule has 1 aromatic carbocycles. The largest absolute Gasteiger partial charge is 0.396 e. The topological polar surface area (TPSA) is 20.2 Å². The van der Waals surface area contributed by atoms with Crippen molar-refractivity contribution in [3.63, 3.8) is 0 Å². The van der Waals surface area contributed by atoms with Crippen molar-refractivity contribution in [3.05, 3.63) is 35.4 Å². The predicted molar refractivity (Wildman–Crippen MR) is 50.9 cm³/mol. The summed E-state index contributed by atoms with van der Waals surface area (Å²) in [4.78, 5) is 0. The number of aliphatic hydroxyl groups excluding tert-OH is 1. The smallest absolute Gasteiger partial charge is 0.126 e. The third-order valence-corrected chi connectivity index (χ3v) is 2.03. The van der Waals surface area contributed by atoms with Gasteiger partial charge >= 0.3 is 0 Å². The molecule has 3 heteroatoms. The van der Waals surface area contributed by atoms with Crippen molar-refractivity contribution in [3.8, 4) is 0 Å². The lowest BCUT2D eigenvalue weighted by atomic mass is 9.87. The maximum absolute atomic E-state index is 12.8. The van der Waals surface area contributed by atoms with E-state index in [-0.39, 0.29) is 12.0 Å². The van der Waals surface area contributed by atoms with E-state index in [4.69, 9.17) is 5.11 Å². The van der Waals surface area contributed by atoms with Crippen LogP contribution in [0.4, 0.5) is 8.78 Å². The SMILES string of the molecule is CC(C)(CO)Cc1cc(F)cc(F)c1. The fourth-order valence-corrected chi connectivity index (χ4v) is 1.32. The average Bonchev–Trinajstić information content (AvgIpc) is 2.01. The number of hydrogen-bond acceptors (Lipinski definition) is 1. The molecule has 0 bridgehead atoms. The maximum Gasteiger partial charge on any atom is 0.126 e. The van der Waals surface area contributed by atoms with Gasteiger partial charge in [0.2, 0.25) is 0 Å². The third kappa shape index (κ3) is 3.07. The molecular formula is C11H14F2O. The predicted octanol–water partition coefficient (Wildman–Crippen LogP) is 2.53. The van der Waals surface area contributed by atoms with Crippen LogP contribution in [0.2, 0.25) is 0 Å². The van der Waals surface area contributed by atoms with Crippen molar-refractivity contribution in [2.75, 3.05) is 6.61 Å². The summed E-state index contributed by atoms with van der Waals surface area (Å²) in [5, 5.41) is 9.01. The quantitative estimate of drug-likeness (QED) is 0.794. The second-order valence-electron chi connectivity index (χ2n) is 4.28. The van der Waals surface area contributed by atoms with Crippen LogP contribution in [0.1, 0.15) is 19.4 Å². The molecule has 0 saturated heterocycles. The van der Waals surface area contributed by atoms with E-state index in [0.29, 0.717) is 12.0 Å². The van der Waals surface area contributed by atoms with Gasteiger partial charge in [-0.3, -0.25) is 0 Å².